The highest BCUT2D eigenvalue weighted by Crippen LogP contribution is 2.31. The van der Waals surface area contributed by atoms with Crippen molar-refractivity contribution in [3.05, 3.63) is 90.5 Å². The molecule has 0 aliphatic rings. The first-order valence-electron chi connectivity index (χ1n) is 8.00. The average Bonchev–Trinajstić information content (AvgIpc) is 3.29. The molecule has 0 aliphatic heterocycles. The topological polar surface area (TPSA) is 31.0 Å². The summed E-state index contributed by atoms with van der Waals surface area (Å²) in [4.78, 5) is 4.12. The van der Waals surface area contributed by atoms with Gasteiger partial charge in [-0.25, -0.2) is 4.98 Å². The van der Waals surface area contributed by atoms with E-state index in [0.29, 0.717) is 0 Å². The van der Waals surface area contributed by atoms with Gasteiger partial charge in [0.05, 0.1) is 6.33 Å². The lowest BCUT2D eigenvalue weighted by Gasteiger charge is -2.09. The molecule has 2 heterocycles. The summed E-state index contributed by atoms with van der Waals surface area (Å²) in [5.41, 5.74) is 4.66. The lowest BCUT2D eigenvalue weighted by atomic mass is 10.0. The fourth-order valence-electron chi connectivity index (χ4n) is 2.87. The quantitative estimate of drug-likeness (QED) is 0.520. The number of benzene rings is 2. The highest BCUT2D eigenvalue weighted by atomic mass is 16.3. The predicted molar refractivity (Wildman–Crippen MR) is 95.6 cm³/mol. The van der Waals surface area contributed by atoms with E-state index >= 15 is 0 Å². The maximum Gasteiger partial charge on any atom is 0.135 e. The number of hydrogen-bond donors (Lipinski definition) is 0. The molecule has 24 heavy (non-hydrogen) atoms. The molecule has 0 fully saturated rings. The molecule has 0 aliphatic carbocycles. The van der Waals surface area contributed by atoms with E-state index in [4.69, 9.17) is 4.42 Å². The van der Waals surface area contributed by atoms with Crippen molar-refractivity contribution in [2.75, 3.05) is 0 Å². The second kappa shape index (κ2) is 6.20. The van der Waals surface area contributed by atoms with Crippen molar-refractivity contribution in [1.82, 2.24) is 9.55 Å². The predicted octanol–water partition coefficient (Wildman–Crippen LogP) is 5.17. The summed E-state index contributed by atoms with van der Waals surface area (Å²) in [5.74, 6) is 1.79. The molecule has 118 valence electrons. The second-order valence-electron chi connectivity index (χ2n) is 5.93. The molecule has 3 heteroatoms. The van der Waals surface area contributed by atoms with Gasteiger partial charge in [-0.3, -0.25) is 0 Å². The number of furan rings is 1. The number of imidazole rings is 1. The molecule has 0 saturated heterocycles. The van der Waals surface area contributed by atoms with Gasteiger partial charge in [0.2, 0.25) is 0 Å². The van der Waals surface area contributed by atoms with Crippen LogP contribution in [0.15, 0.2) is 83.8 Å². The van der Waals surface area contributed by atoms with E-state index < -0.39 is 0 Å². The van der Waals surface area contributed by atoms with Gasteiger partial charge < -0.3 is 8.98 Å². The Kier molecular flexibility index (Phi) is 3.75. The van der Waals surface area contributed by atoms with Gasteiger partial charge in [-0.2, -0.15) is 0 Å². The number of nitrogens with zero attached hydrogens (tertiary/aromatic N) is 2. The van der Waals surface area contributed by atoms with Crippen molar-refractivity contribution < 1.29 is 4.42 Å². The summed E-state index contributed by atoms with van der Waals surface area (Å²) < 4.78 is 8.21. The third-order valence-corrected chi connectivity index (χ3v) is 4.11. The maximum atomic E-state index is 6.15. The lowest BCUT2D eigenvalue weighted by Crippen LogP contribution is -1.99. The minimum atomic E-state index is 0.775. The molecule has 0 unspecified atom stereocenters. The summed E-state index contributed by atoms with van der Waals surface area (Å²) >= 11 is 0. The normalized spacial score (nSPS) is 10.9. The van der Waals surface area contributed by atoms with Crippen LogP contribution in [0, 0.1) is 6.92 Å². The first kappa shape index (κ1) is 14.5. The zero-order valence-electron chi connectivity index (χ0n) is 13.5. The average molecular weight is 314 g/mol. The van der Waals surface area contributed by atoms with E-state index in [1.807, 2.05) is 36.8 Å². The standard InChI is InChI=1S/C21H18N2O/c1-16-7-8-18(14-23-12-11-22-15-23)19(13-16)21-10-9-20(24-21)17-5-3-2-4-6-17/h2-13,15H,14H2,1H3. The third kappa shape index (κ3) is 2.88. The van der Waals surface area contributed by atoms with Crippen LogP contribution in [0.3, 0.4) is 0 Å². The van der Waals surface area contributed by atoms with Crippen LogP contribution in [0.4, 0.5) is 0 Å². The summed E-state index contributed by atoms with van der Waals surface area (Å²) in [6, 6.07) is 20.7. The van der Waals surface area contributed by atoms with Crippen molar-refractivity contribution in [3.63, 3.8) is 0 Å². The van der Waals surface area contributed by atoms with Crippen LogP contribution in [-0.2, 0) is 6.54 Å². The highest BCUT2D eigenvalue weighted by molar-refractivity contribution is 5.67. The van der Waals surface area contributed by atoms with Crippen LogP contribution in [0.2, 0.25) is 0 Å². The Labute approximate surface area is 141 Å². The van der Waals surface area contributed by atoms with Crippen LogP contribution in [0.1, 0.15) is 11.1 Å². The van der Waals surface area contributed by atoms with E-state index in [1.165, 1.54) is 11.1 Å². The van der Waals surface area contributed by atoms with Gasteiger partial charge in [0.1, 0.15) is 11.5 Å². The van der Waals surface area contributed by atoms with Crippen molar-refractivity contribution in [2.45, 2.75) is 13.5 Å². The number of rotatable bonds is 4. The monoisotopic (exact) mass is 314 g/mol. The molecule has 0 atom stereocenters. The van der Waals surface area contributed by atoms with E-state index in [2.05, 4.69) is 52.9 Å². The number of hydrogen-bond acceptors (Lipinski definition) is 2. The van der Waals surface area contributed by atoms with Crippen LogP contribution in [0.5, 0.6) is 0 Å². The molecule has 4 rings (SSSR count). The summed E-state index contributed by atoms with van der Waals surface area (Å²) in [7, 11) is 0. The SMILES string of the molecule is Cc1ccc(Cn2ccnc2)c(-c2ccc(-c3ccccc3)o2)c1. The summed E-state index contributed by atoms with van der Waals surface area (Å²) in [5, 5.41) is 0. The Balaban J connectivity index is 1.73. The highest BCUT2D eigenvalue weighted by Gasteiger charge is 2.11. The van der Waals surface area contributed by atoms with Gasteiger partial charge in [0.15, 0.2) is 0 Å². The molecule has 0 radical (unpaired) electrons. The minimum absolute atomic E-state index is 0.775. The van der Waals surface area contributed by atoms with Gasteiger partial charge in [-0.1, -0.05) is 48.0 Å². The van der Waals surface area contributed by atoms with Crippen molar-refractivity contribution >= 4 is 0 Å². The van der Waals surface area contributed by atoms with E-state index in [0.717, 1.165) is 29.2 Å². The first-order valence-corrected chi connectivity index (χ1v) is 8.00. The van der Waals surface area contributed by atoms with E-state index in [-0.39, 0.29) is 0 Å². The van der Waals surface area contributed by atoms with Gasteiger partial charge in [-0.15, -0.1) is 0 Å². The number of aromatic nitrogens is 2. The second-order valence-corrected chi connectivity index (χ2v) is 5.93. The summed E-state index contributed by atoms with van der Waals surface area (Å²) in [6.45, 7) is 2.88. The Bertz CT molecular complexity index is 937. The van der Waals surface area contributed by atoms with Crippen molar-refractivity contribution in [2.24, 2.45) is 0 Å². The maximum absolute atomic E-state index is 6.15. The van der Waals surface area contributed by atoms with E-state index in [1.54, 1.807) is 6.20 Å². The Hall–Kier alpha value is -3.07. The van der Waals surface area contributed by atoms with Gasteiger partial charge in [0, 0.05) is 30.1 Å². The summed E-state index contributed by atoms with van der Waals surface area (Å²) in [6.07, 6.45) is 5.61. The molecule has 0 saturated carbocycles. The molecule has 3 nitrogen and oxygen atoms in total. The van der Waals surface area contributed by atoms with E-state index in [9.17, 15) is 0 Å². The smallest absolute Gasteiger partial charge is 0.135 e. The fourth-order valence-corrected chi connectivity index (χ4v) is 2.87. The Morgan fingerprint density at radius 3 is 2.58 bits per heavy atom. The Morgan fingerprint density at radius 2 is 1.79 bits per heavy atom. The molecular formula is C21H18N2O. The van der Waals surface area contributed by atoms with Crippen LogP contribution < -0.4 is 0 Å². The van der Waals surface area contributed by atoms with Crippen LogP contribution in [0.25, 0.3) is 22.6 Å². The van der Waals surface area contributed by atoms with Crippen molar-refractivity contribution in [3.8, 4) is 22.6 Å². The lowest BCUT2D eigenvalue weighted by molar-refractivity contribution is 0.596. The van der Waals surface area contributed by atoms with Crippen LogP contribution >= 0.6 is 0 Å². The molecule has 0 N–H and O–H groups in total. The van der Waals surface area contributed by atoms with Gasteiger partial charge in [-0.05, 0) is 30.7 Å². The third-order valence-electron chi connectivity index (χ3n) is 4.11. The molecule has 2 aromatic heterocycles. The molecule has 0 bridgehead atoms. The zero-order valence-corrected chi connectivity index (χ0v) is 13.5. The van der Waals surface area contributed by atoms with Crippen LogP contribution in [-0.4, -0.2) is 9.55 Å². The van der Waals surface area contributed by atoms with Gasteiger partial charge >= 0.3 is 0 Å². The zero-order chi connectivity index (χ0) is 16.4. The largest absolute Gasteiger partial charge is 0.456 e. The minimum Gasteiger partial charge on any atom is -0.456 e. The molecule has 0 spiro atoms. The first-order chi connectivity index (χ1) is 11.8. The fraction of sp³-hybridized carbons (Fsp3) is 0.0952. The molecule has 2 aromatic carbocycles. The molecular weight excluding hydrogens is 296 g/mol. The van der Waals surface area contributed by atoms with Gasteiger partial charge in [0.25, 0.3) is 0 Å². The Morgan fingerprint density at radius 1 is 0.958 bits per heavy atom. The molecule has 4 aromatic rings. The molecule has 0 amide bonds. The number of aryl methyl sites for hydroxylation is 1. The van der Waals surface area contributed by atoms with Crippen molar-refractivity contribution in [1.29, 1.82) is 0 Å².